The van der Waals surface area contributed by atoms with E-state index in [1.807, 2.05) is 0 Å². The Bertz CT molecular complexity index is 308. The van der Waals surface area contributed by atoms with Gasteiger partial charge in [-0.05, 0) is 19.9 Å². The number of carbonyl (C=O) groups is 1. The highest BCUT2D eigenvalue weighted by molar-refractivity contribution is 5.76. The first-order valence-electron chi connectivity index (χ1n) is 8.13. The number of hydrogen-bond acceptors (Lipinski definition) is 3. The zero-order valence-corrected chi connectivity index (χ0v) is 13.1. The normalized spacial score (nSPS) is 23.1. The fourth-order valence-electron chi connectivity index (χ4n) is 3.29. The molecule has 2 aliphatic rings. The molecule has 1 heterocycles. The van der Waals surface area contributed by atoms with E-state index < -0.39 is 0 Å². The molecule has 2 rings (SSSR count). The second-order valence-corrected chi connectivity index (χ2v) is 7.05. The van der Waals surface area contributed by atoms with Gasteiger partial charge in [-0.2, -0.15) is 0 Å². The Morgan fingerprint density at radius 3 is 2.45 bits per heavy atom. The number of hydrogen-bond donors (Lipinski definition) is 1. The van der Waals surface area contributed by atoms with Gasteiger partial charge in [0.1, 0.15) is 0 Å². The van der Waals surface area contributed by atoms with E-state index in [4.69, 9.17) is 4.74 Å². The van der Waals surface area contributed by atoms with Crippen LogP contribution in [0.2, 0.25) is 0 Å². The number of carbonyl (C=O) groups excluding carboxylic acids is 1. The predicted octanol–water partition coefficient (Wildman–Crippen LogP) is 2.18. The minimum Gasteiger partial charge on any atom is -0.380 e. The molecular weight excluding hydrogens is 252 g/mol. The molecule has 0 aromatic rings. The number of rotatable bonds is 6. The second-order valence-electron chi connectivity index (χ2n) is 7.05. The minimum absolute atomic E-state index is 0.221. The molecule has 1 amide bonds. The van der Waals surface area contributed by atoms with Crippen molar-refractivity contribution in [3.63, 3.8) is 0 Å². The molecule has 0 aromatic heterocycles. The van der Waals surface area contributed by atoms with Gasteiger partial charge in [-0.15, -0.1) is 0 Å². The van der Waals surface area contributed by atoms with Gasteiger partial charge >= 0.3 is 0 Å². The van der Waals surface area contributed by atoms with Gasteiger partial charge in [0.15, 0.2) is 0 Å². The third-order valence-corrected chi connectivity index (χ3v) is 4.49. The van der Waals surface area contributed by atoms with Gasteiger partial charge in [0.05, 0.1) is 13.2 Å². The number of nitrogens with one attached hydrogen (secondary N) is 1. The summed E-state index contributed by atoms with van der Waals surface area (Å²) in [6.07, 6.45) is 8.13. The maximum Gasteiger partial charge on any atom is 0.221 e. The lowest BCUT2D eigenvalue weighted by atomic mass is 9.88. The lowest BCUT2D eigenvalue weighted by Crippen LogP contribution is -2.48. The summed E-state index contributed by atoms with van der Waals surface area (Å²) in [7, 11) is 2.10. The van der Waals surface area contributed by atoms with Crippen LogP contribution in [0.3, 0.4) is 0 Å². The van der Waals surface area contributed by atoms with Crippen molar-refractivity contribution in [3.8, 4) is 0 Å². The van der Waals surface area contributed by atoms with Gasteiger partial charge in [-0.3, -0.25) is 4.79 Å². The van der Waals surface area contributed by atoms with Crippen molar-refractivity contribution in [1.82, 2.24) is 10.2 Å². The average molecular weight is 282 g/mol. The molecule has 0 unspecified atom stereocenters. The molecule has 1 aliphatic heterocycles. The first-order valence-corrected chi connectivity index (χ1v) is 8.13. The molecule has 116 valence electrons. The molecule has 1 saturated heterocycles. The van der Waals surface area contributed by atoms with E-state index >= 15 is 0 Å². The van der Waals surface area contributed by atoms with Crippen LogP contribution < -0.4 is 5.32 Å². The quantitative estimate of drug-likeness (QED) is 0.759. The lowest BCUT2D eigenvalue weighted by Gasteiger charge is -2.40. The standard InChI is InChI=1S/C16H30N2O2/c1-16(12-20-13-16)11-18(2)10-9-15(19)17-14-7-5-3-4-6-8-14/h14H,3-13H2,1-2H3,(H,17,19). The minimum atomic E-state index is 0.221. The smallest absolute Gasteiger partial charge is 0.221 e. The maximum atomic E-state index is 12.0. The molecule has 2 fully saturated rings. The average Bonchev–Trinajstić information content (AvgIpc) is 2.63. The third-order valence-electron chi connectivity index (χ3n) is 4.49. The van der Waals surface area contributed by atoms with E-state index in [2.05, 4.69) is 24.2 Å². The molecule has 0 bridgehead atoms. The maximum absolute atomic E-state index is 12.0. The molecular formula is C16H30N2O2. The summed E-state index contributed by atoms with van der Waals surface area (Å²) < 4.78 is 5.27. The highest BCUT2D eigenvalue weighted by Gasteiger charge is 2.34. The third kappa shape index (κ3) is 5.06. The summed E-state index contributed by atoms with van der Waals surface area (Å²) in [5, 5.41) is 3.21. The van der Waals surface area contributed by atoms with E-state index in [0.29, 0.717) is 17.9 Å². The SMILES string of the molecule is CN(CCC(=O)NC1CCCCCC1)CC1(C)COC1. The zero-order chi connectivity index (χ0) is 14.4. The Kier molecular flexibility index (Phi) is 5.85. The van der Waals surface area contributed by atoms with Gasteiger partial charge in [0.25, 0.3) is 0 Å². The fourth-order valence-corrected chi connectivity index (χ4v) is 3.29. The second kappa shape index (κ2) is 7.41. The van der Waals surface area contributed by atoms with Crippen molar-refractivity contribution in [2.75, 3.05) is 33.4 Å². The first kappa shape index (κ1) is 15.8. The van der Waals surface area contributed by atoms with Crippen molar-refractivity contribution < 1.29 is 9.53 Å². The van der Waals surface area contributed by atoms with Gasteiger partial charge in [-0.25, -0.2) is 0 Å². The van der Waals surface area contributed by atoms with Gasteiger partial charge in [-0.1, -0.05) is 32.6 Å². The monoisotopic (exact) mass is 282 g/mol. The van der Waals surface area contributed by atoms with Crippen LogP contribution in [0, 0.1) is 5.41 Å². The lowest BCUT2D eigenvalue weighted by molar-refractivity contribution is -0.124. The van der Waals surface area contributed by atoms with Gasteiger partial charge in [0.2, 0.25) is 5.91 Å². The molecule has 1 saturated carbocycles. The molecule has 4 heteroatoms. The molecule has 1 aliphatic carbocycles. The van der Waals surface area contributed by atoms with Crippen LogP contribution in [-0.2, 0) is 9.53 Å². The van der Waals surface area contributed by atoms with Gasteiger partial charge < -0.3 is 15.0 Å². The van der Waals surface area contributed by atoms with Crippen LogP contribution in [0.15, 0.2) is 0 Å². The van der Waals surface area contributed by atoms with Crippen LogP contribution in [0.4, 0.5) is 0 Å². The summed E-state index contributed by atoms with van der Waals surface area (Å²) in [6, 6.07) is 0.424. The highest BCUT2D eigenvalue weighted by Crippen LogP contribution is 2.27. The van der Waals surface area contributed by atoms with Crippen molar-refractivity contribution in [2.45, 2.75) is 57.9 Å². The molecule has 0 atom stereocenters. The summed E-state index contributed by atoms with van der Waals surface area (Å²) in [6.45, 7) is 5.81. The number of nitrogens with zero attached hydrogens (tertiary/aromatic N) is 1. The largest absolute Gasteiger partial charge is 0.380 e. The molecule has 20 heavy (non-hydrogen) atoms. The van der Waals surface area contributed by atoms with Crippen molar-refractivity contribution in [1.29, 1.82) is 0 Å². The van der Waals surface area contributed by atoms with E-state index in [9.17, 15) is 4.79 Å². The summed E-state index contributed by atoms with van der Waals surface area (Å²) in [5.41, 5.74) is 0.298. The van der Waals surface area contributed by atoms with Crippen LogP contribution in [0.1, 0.15) is 51.9 Å². The van der Waals surface area contributed by atoms with Crippen molar-refractivity contribution in [3.05, 3.63) is 0 Å². The van der Waals surface area contributed by atoms with Crippen LogP contribution >= 0.6 is 0 Å². The van der Waals surface area contributed by atoms with Crippen LogP contribution in [-0.4, -0.2) is 50.2 Å². The molecule has 0 radical (unpaired) electrons. The van der Waals surface area contributed by atoms with E-state index in [1.165, 1.54) is 25.7 Å². The Morgan fingerprint density at radius 1 is 1.25 bits per heavy atom. The van der Waals surface area contributed by atoms with Crippen LogP contribution in [0.5, 0.6) is 0 Å². The highest BCUT2D eigenvalue weighted by atomic mass is 16.5. The predicted molar refractivity (Wildman–Crippen MR) is 80.7 cm³/mol. The Balaban J connectivity index is 1.61. The Morgan fingerprint density at radius 2 is 1.90 bits per heavy atom. The van der Waals surface area contributed by atoms with E-state index in [-0.39, 0.29) is 5.91 Å². The number of ether oxygens (including phenoxy) is 1. The Hall–Kier alpha value is -0.610. The van der Waals surface area contributed by atoms with Crippen LogP contribution in [0.25, 0.3) is 0 Å². The summed E-state index contributed by atoms with van der Waals surface area (Å²) in [4.78, 5) is 14.3. The zero-order valence-electron chi connectivity index (χ0n) is 13.1. The van der Waals surface area contributed by atoms with Gasteiger partial charge in [0, 0.05) is 31.0 Å². The topological polar surface area (TPSA) is 41.6 Å². The summed E-state index contributed by atoms with van der Waals surface area (Å²) in [5.74, 6) is 0.221. The van der Waals surface area contributed by atoms with Crippen molar-refractivity contribution >= 4 is 5.91 Å². The first-order chi connectivity index (χ1) is 9.57. The Labute approximate surface area is 123 Å². The van der Waals surface area contributed by atoms with E-state index in [0.717, 1.165) is 39.1 Å². The van der Waals surface area contributed by atoms with Crippen molar-refractivity contribution in [2.24, 2.45) is 5.41 Å². The molecule has 0 spiro atoms. The molecule has 4 nitrogen and oxygen atoms in total. The van der Waals surface area contributed by atoms with E-state index in [1.54, 1.807) is 0 Å². The fraction of sp³-hybridized carbons (Fsp3) is 0.938. The molecule has 0 aromatic carbocycles. The molecule has 1 N–H and O–H groups in total. The number of amides is 1. The summed E-state index contributed by atoms with van der Waals surface area (Å²) >= 11 is 0.